The molecule has 0 aliphatic heterocycles. The monoisotopic (exact) mass is 1580 g/mol. The van der Waals surface area contributed by atoms with Crippen LogP contribution in [0.3, 0.4) is 0 Å². The second kappa shape index (κ2) is 58.3. The molecule has 12 unspecified atom stereocenters. The summed E-state index contributed by atoms with van der Waals surface area (Å²) in [6.45, 7) is 58.3. The van der Waals surface area contributed by atoms with Crippen LogP contribution in [0.15, 0.2) is 9.79 Å². The third-order valence-corrected chi connectivity index (χ3v) is 28.6. The van der Waals surface area contributed by atoms with Gasteiger partial charge in [-0.3, -0.25) is 19.2 Å². The van der Waals surface area contributed by atoms with Crippen molar-refractivity contribution in [3.63, 3.8) is 0 Å². The third-order valence-electron chi connectivity index (χ3n) is 24.5. The molecular weight excluding hydrogens is 1400 g/mol. The van der Waals surface area contributed by atoms with E-state index >= 15 is 0 Å². The van der Waals surface area contributed by atoms with Crippen molar-refractivity contribution >= 4 is 55.3 Å². The van der Waals surface area contributed by atoms with E-state index in [0.717, 1.165) is 145 Å². The Kier molecular flexibility index (Phi) is 54.7. The van der Waals surface area contributed by atoms with Gasteiger partial charge in [-0.2, -0.15) is 0 Å². The summed E-state index contributed by atoms with van der Waals surface area (Å²) in [5.41, 5.74) is 4.50. The zero-order valence-electron chi connectivity index (χ0n) is 76.0. The molecule has 0 aliphatic carbocycles. The van der Waals surface area contributed by atoms with Gasteiger partial charge in [0.1, 0.15) is 23.0 Å². The molecular formula is C98H174O8S3. The first-order valence-electron chi connectivity index (χ1n) is 45.6. The van der Waals surface area contributed by atoms with Crippen molar-refractivity contribution in [2.24, 2.45) is 94.7 Å². The smallest absolute Gasteiger partial charge is 0.311 e. The van der Waals surface area contributed by atoms with Crippen molar-refractivity contribution < 1.29 is 38.1 Å². The first-order chi connectivity index (χ1) is 51.5. The van der Waals surface area contributed by atoms with Gasteiger partial charge in [0.15, 0.2) is 0 Å². The molecule has 109 heavy (non-hydrogen) atoms. The highest BCUT2D eigenvalue weighted by atomic mass is 33.5. The summed E-state index contributed by atoms with van der Waals surface area (Å²) >= 11 is 0. The van der Waals surface area contributed by atoms with Gasteiger partial charge in [0.05, 0.1) is 9.79 Å². The predicted octanol–water partition coefficient (Wildman–Crippen LogP) is 32.5. The molecule has 0 bridgehead atoms. The number of rotatable bonds is 64. The van der Waals surface area contributed by atoms with Gasteiger partial charge >= 0.3 is 23.9 Å². The summed E-state index contributed by atoms with van der Waals surface area (Å²) in [6, 6.07) is 0. The van der Waals surface area contributed by atoms with E-state index in [1.807, 2.05) is 41.5 Å². The van der Waals surface area contributed by atoms with Crippen LogP contribution in [0, 0.1) is 136 Å². The Morgan fingerprint density at radius 3 is 0.532 bits per heavy atom. The molecule has 632 valence electrons. The Hall–Kier alpha value is -2.63. The van der Waals surface area contributed by atoms with Crippen LogP contribution in [-0.2, 0) is 19.2 Å². The number of ether oxygens (including phenoxy) is 4. The average Bonchev–Trinajstić information content (AvgIpc) is 0.783. The molecule has 0 heterocycles. The maximum absolute atomic E-state index is 14.4. The van der Waals surface area contributed by atoms with Crippen LogP contribution in [0.4, 0.5) is 0 Å². The lowest BCUT2D eigenvalue weighted by Crippen LogP contribution is -2.17. The van der Waals surface area contributed by atoms with E-state index in [-0.39, 0.29) is 47.5 Å². The minimum Gasteiger partial charge on any atom is -0.426 e. The number of hydrogen-bond acceptors (Lipinski definition) is 11. The van der Waals surface area contributed by atoms with Gasteiger partial charge in [0, 0.05) is 36.8 Å². The molecule has 2 aromatic rings. The highest BCUT2D eigenvalue weighted by Crippen LogP contribution is 2.56. The summed E-state index contributed by atoms with van der Waals surface area (Å²) < 4.78 is 26.1. The number of carbonyl (C=O) groups is 4. The molecule has 0 radical (unpaired) electrons. The highest BCUT2D eigenvalue weighted by molar-refractivity contribution is 9.09. The van der Waals surface area contributed by atoms with Crippen molar-refractivity contribution in [3.8, 4) is 23.0 Å². The molecule has 0 fully saturated rings. The standard InChI is InChI=1S/C98H174O8S3/c1-67(2)39-27-43-71(9)47-31-51-75(13)55-35-59-79(17)63-89(99)103-93-83(21)85(23)95(105-91(101)65-81(19)61-37-57-77(15)53-33-49-73(11)45-29-41-69(5)6)97(87(93)25)107-109-108-98-88(26)94(104-90(100)64-80(18)60-36-56-76(14)52-32-48-72(10)44-28-40-68(3)4)84(22)86(24)96(98)106-92(102)66-82(20)62-38-58-78(16)54-34-50-74(12)46-30-42-70(7)8/h67-82H,27-66H2,1-26H3. The van der Waals surface area contributed by atoms with E-state index < -0.39 is 0 Å². The van der Waals surface area contributed by atoms with Crippen LogP contribution >= 0.6 is 31.4 Å². The molecule has 8 nitrogen and oxygen atoms in total. The van der Waals surface area contributed by atoms with Gasteiger partial charge in [-0.05, 0) is 190 Å². The predicted molar refractivity (Wildman–Crippen MR) is 477 cm³/mol. The second-order valence-electron chi connectivity index (χ2n) is 38.7. The summed E-state index contributed by atoms with van der Waals surface area (Å²) in [6.07, 6.45) is 45.3. The molecule has 0 aliphatic rings. The Bertz CT molecular complexity index is 2620. The minimum absolute atomic E-state index is 0.143. The second-order valence-corrected chi connectivity index (χ2v) is 42.6. The largest absolute Gasteiger partial charge is 0.426 e. The maximum atomic E-state index is 14.4. The Morgan fingerprint density at radius 1 is 0.211 bits per heavy atom. The summed E-state index contributed by atoms with van der Waals surface area (Å²) in [7, 11) is 4.36. The SMILES string of the molecule is Cc1c(C)c(OC(=O)CC(C)CCCC(C)CCCC(C)CCCC(C)C)c(SSSc2c(C)c(OC(=O)CC(C)CCCC(C)CCCC(C)CCCC(C)C)c(C)c(C)c2OC(=O)CC(C)CCCC(C)CCCC(C)CCCC(C)C)c(C)c1OC(=O)CC(C)CCCC(C)CCCC(C)CCCC(C)C. The van der Waals surface area contributed by atoms with Crippen molar-refractivity contribution in [1.29, 1.82) is 0 Å². The third kappa shape index (κ3) is 46.6. The quantitative estimate of drug-likeness (QED) is 0.0359. The molecule has 2 aromatic carbocycles. The van der Waals surface area contributed by atoms with E-state index in [0.29, 0.717) is 82.1 Å². The number of hydrogen-bond donors (Lipinski definition) is 0. The van der Waals surface area contributed by atoms with Crippen molar-refractivity contribution in [2.75, 3.05) is 0 Å². The van der Waals surface area contributed by atoms with Crippen LogP contribution in [0.2, 0.25) is 0 Å². The van der Waals surface area contributed by atoms with Gasteiger partial charge in [-0.25, -0.2) is 0 Å². The first kappa shape index (κ1) is 102. The Morgan fingerprint density at radius 2 is 0.358 bits per heavy atom. The fraction of sp³-hybridized carbons (Fsp3) is 0.837. The lowest BCUT2D eigenvalue weighted by atomic mass is 9.91. The van der Waals surface area contributed by atoms with Crippen molar-refractivity contribution in [3.05, 3.63) is 33.4 Å². The van der Waals surface area contributed by atoms with Crippen LogP contribution in [0.5, 0.6) is 23.0 Å². The van der Waals surface area contributed by atoms with E-state index in [1.165, 1.54) is 198 Å². The summed E-state index contributed by atoms with van der Waals surface area (Å²) in [5.74, 6) is 10.4. The van der Waals surface area contributed by atoms with E-state index in [4.69, 9.17) is 18.9 Å². The zero-order valence-corrected chi connectivity index (χ0v) is 78.5. The number of esters is 4. The molecule has 0 amide bonds. The maximum Gasteiger partial charge on any atom is 0.311 e. The molecule has 12 atom stereocenters. The van der Waals surface area contributed by atoms with Crippen molar-refractivity contribution in [2.45, 2.75) is 447 Å². The van der Waals surface area contributed by atoms with E-state index in [9.17, 15) is 19.2 Å². The van der Waals surface area contributed by atoms with Gasteiger partial charge in [0.25, 0.3) is 0 Å². The van der Waals surface area contributed by atoms with E-state index in [1.54, 1.807) is 0 Å². The fourth-order valence-electron chi connectivity index (χ4n) is 16.3. The highest BCUT2D eigenvalue weighted by Gasteiger charge is 2.30. The topological polar surface area (TPSA) is 105 Å². The molecule has 0 aromatic heterocycles. The van der Waals surface area contributed by atoms with E-state index in [2.05, 4.69) is 138 Å². The molecule has 2 rings (SSSR count). The van der Waals surface area contributed by atoms with Gasteiger partial charge in [0.2, 0.25) is 0 Å². The lowest BCUT2D eigenvalue weighted by Gasteiger charge is -2.23. The van der Waals surface area contributed by atoms with Crippen LogP contribution in [0.25, 0.3) is 0 Å². The summed E-state index contributed by atoms with van der Waals surface area (Å²) in [5, 5.41) is 0. The van der Waals surface area contributed by atoms with Gasteiger partial charge < -0.3 is 18.9 Å². The average molecular weight is 1580 g/mol. The van der Waals surface area contributed by atoms with Crippen LogP contribution in [-0.4, -0.2) is 23.9 Å². The minimum atomic E-state index is -0.276. The Balaban J connectivity index is 2.51. The number of carbonyl (C=O) groups excluding carboxylic acids is 4. The molecule has 0 saturated heterocycles. The zero-order chi connectivity index (χ0) is 81.7. The Labute approximate surface area is 686 Å². The van der Waals surface area contributed by atoms with Gasteiger partial charge in [-0.1, -0.05) is 370 Å². The van der Waals surface area contributed by atoms with Crippen LogP contribution in [0.1, 0.15) is 429 Å². The van der Waals surface area contributed by atoms with Crippen molar-refractivity contribution in [1.82, 2.24) is 0 Å². The molecule has 0 spiro atoms. The fourth-order valence-corrected chi connectivity index (χ4v) is 20.7. The summed E-state index contributed by atoms with van der Waals surface area (Å²) in [4.78, 5) is 58.5. The molecule has 0 saturated carbocycles. The molecule has 0 N–H and O–H groups in total. The normalized spacial score (nSPS) is 15.4. The first-order valence-corrected chi connectivity index (χ1v) is 49.1. The number of benzene rings is 2. The lowest BCUT2D eigenvalue weighted by molar-refractivity contribution is -0.136. The van der Waals surface area contributed by atoms with Crippen LogP contribution < -0.4 is 18.9 Å². The molecule has 11 heteroatoms. The van der Waals surface area contributed by atoms with Gasteiger partial charge in [-0.15, -0.1) is 0 Å².